The summed E-state index contributed by atoms with van der Waals surface area (Å²) in [5.74, 6) is -2.91. The van der Waals surface area contributed by atoms with E-state index in [1.807, 2.05) is 13.0 Å². The molecule has 30 heavy (non-hydrogen) atoms. The molecule has 10 heteroatoms. The SMILES string of the molecule is Cc1ccc(NC(=O)C2CCN(c3cc(F)cc(F)c3)C2=O)cc1-n1nnnc1C. The second-order valence-corrected chi connectivity index (χ2v) is 7.09. The van der Waals surface area contributed by atoms with Gasteiger partial charge >= 0.3 is 0 Å². The number of aryl methyl sites for hydroxylation is 2. The number of anilines is 2. The van der Waals surface area contributed by atoms with Crippen LogP contribution in [0.3, 0.4) is 0 Å². The predicted molar refractivity (Wildman–Crippen MR) is 104 cm³/mol. The van der Waals surface area contributed by atoms with Gasteiger partial charge in [-0.15, -0.1) is 5.10 Å². The Hall–Kier alpha value is -3.69. The molecule has 4 rings (SSSR count). The molecule has 2 amide bonds. The number of hydrogen-bond donors (Lipinski definition) is 1. The van der Waals surface area contributed by atoms with Gasteiger partial charge < -0.3 is 10.2 Å². The van der Waals surface area contributed by atoms with Gasteiger partial charge in [0.05, 0.1) is 5.69 Å². The number of carbonyl (C=O) groups is 2. The minimum Gasteiger partial charge on any atom is -0.325 e. The van der Waals surface area contributed by atoms with Gasteiger partial charge in [0.25, 0.3) is 0 Å². The molecular weight excluding hydrogens is 394 g/mol. The molecule has 154 valence electrons. The van der Waals surface area contributed by atoms with Gasteiger partial charge in [0.2, 0.25) is 11.8 Å². The Morgan fingerprint density at radius 1 is 1.13 bits per heavy atom. The topological polar surface area (TPSA) is 93.0 Å². The van der Waals surface area contributed by atoms with Crippen LogP contribution < -0.4 is 10.2 Å². The summed E-state index contributed by atoms with van der Waals surface area (Å²) < 4.78 is 28.5. The number of benzene rings is 2. The summed E-state index contributed by atoms with van der Waals surface area (Å²) in [5, 5.41) is 14.2. The smallest absolute Gasteiger partial charge is 0.239 e. The van der Waals surface area contributed by atoms with Crippen molar-refractivity contribution in [3.05, 3.63) is 59.4 Å². The Bertz CT molecular complexity index is 1130. The lowest BCUT2D eigenvalue weighted by Gasteiger charge is -2.17. The van der Waals surface area contributed by atoms with Gasteiger partial charge in [-0.05, 0) is 60.5 Å². The fourth-order valence-electron chi connectivity index (χ4n) is 3.47. The minimum atomic E-state index is -0.948. The minimum absolute atomic E-state index is 0.0968. The number of nitrogens with one attached hydrogen (secondary N) is 1. The Morgan fingerprint density at radius 2 is 1.87 bits per heavy atom. The van der Waals surface area contributed by atoms with Crippen molar-refractivity contribution >= 4 is 23.2 Å². The van der Waals surface area contributed by atoms with Crippen LogP contribution in [0.5, 0.6) is 0 Å². The van der Waals surface area contributed by atoms with Gasteiger partial charge in [0, 0.05) is 24.0 Å². The van der Waals surface area contributed by atoms with Crippen molar-refractivity contribution < 1.29 is 18.4 Å². The summed E-state index contributed by atoms with van der Waals surface area (Å²) in [7, 11) is 0. The van der Waals surface area contributed by atoms with E-state index in [9.17, 15) is 18.4 Å². The molecule has 0 aliphatic carbocycles. The van der Waals surface area contributed by atoms with E-state index < -0.39 is 29.4 Å². The van der Waals surface area contributed by atoms with E-state index in [0.29, 0.717) is 17.2 Å². The van der Waals surface area contributed by atoms with Crippen molar-refractivity contribution in [3.8, 4) is 5.69 Å². The lowest BCUT2D eigenvalue weighted by molar-refractivity contribution is -0.129. The summed E-state index contributed by atoms with van der Waals surface area (Å²) in [5.41, 5.74) is 2.18. The van der Waals surface area contributed by atoms with Gasteiger partial charge in [-0.25, -0.2) is 8.78 Å². The Morgan fingerprint density at radius 3 is 2.53 bits per heavy atom. The first-order valence-corrected chi connectivity index (χ1v) is 9.28. The number of halogens is 2. The molecule has 1 aliphatic heterocycles. The van der Waals surface area contributed by atoms with E-state index >= 15 is 0 Å². The van der Waals surface area contributed by atoms with Gasteiger partial charge in [-0.2, -0.15) is 4.68 Å². The van der Waals surface area contributed by atoms with Crippen LogP contribution in [-0.4, -0.2) is 38.6 Å². The van der Waals surface area contributed by atoms with Crippen molar-refractivity contribution in [2.24, 2.45) is 5.92 Å². The van der Waals surface area contributed by atoms with Crippen LogP contribution in [0.1, 0.15) is 17.8 Å². The molecule has 1 aromatic heterocycles. The number of amides is 2. The van der Waals surface area contributed by atoms with Crippen LogP contribution in [0.15, 0.2) is 36.4 Å². The molecule has 0 bridgehead atoms. The van der Waals surface area contributed by atoms with Gasteiger partial charge in [-0.1, -0.05) is 6.07 Å². The lowest BCUT2D eigenvalue weighted by Crippen LogP contribution is -2.33. The molecule has 1 N–H and O–H groups in total. The first-order valence-electron chi connectivity index (χ1n) is 9.28. The van der Waals surface area contributed by atoms with Crippen molar-refractivity contribution in [2.45, 2.75) is 20.3 Å². The highest BCUT2D eigenvalue weighted by atomic mass is 19.1. The molecule has 2 aromatic carbocycles. The van der Waals surface area contributed by atoms with E-state index in [-0.39, 0.29) is 18.7 Å². The average Bonchev–Trinajstić information content (AvgIpc) is 3.28. The average molecular weight is 412 g/mol. The van der Waals surface area contributed by atoms with E-state index in [1.54, 1.807) is 23.7 Å². The molecule has 1 atom stereocenters. The van der Waals surface area contributed by atoms with Crippen molar-refractivity contribution in [3.63, 3.8) is 0 Å². The monoisotopic (exact) mass is 412 g/mol. The molecule has 0 saturated carbocycles. The first-order chi connectivity index (χ1) is 14.3. The summed E-state index contributed by atoms with van der Waals surface area (Å²) in [6.07, 6.45) is 0.244. The fourth-order valence-corrected chi connectivity index (χ4v) is 3.47. The van der Waals surface area contributed by atoms with Gasteiger partial charge in [0.1, 0.15) is 17.6 Å². The third-order valence-electron chi connectivity index (χ3n) is 5.01. The number of tetrazole rings is 1. The van der Waals surface area contributed by atoms with E-state index in [2.05, 4.69) is 20.8 Å². The molecule has 1 saturated heterocycles. The Kier molecular flexibility index (Phi) is 4.98. The van der Waals surface area contributed by atoms with Crippen molar-refractivity contribution in [1.82, 2.24) is 20.2 Å². The summed E-state index contributed by atoms with van der Waals surface area (Å²) in [6.45, 7) is 3.84. The first kappa shape index (κ1) is 19.6. The molecule has 1 unspecified atom stereocenters. The van der Waals surface area contributed by atoms with Crippen LogP contribution in [0.2, 0.25) is 0 Å². The number of nitrogens with zero attached hydrogens (tertiary/aromatic N) is 5. The largest absolute Gasteiger partial charge is 0.325 e. The molecule has 0 radical (unpaired) electrons. The molecule has 1 fully saturated rings. The third kappa shape index (κ3) is 3.63. The van der Waals surface area contributed by atoms with Gasteiger partial charge in [0.15, 0.2) is 5.82 Å². The summed E-state index contributed by atoms with van der Waals surface area (Å²) >= 11 is 0. The zero-order valence-electron chi connectivity index (χ0n) is 16.3. The highest BCUT2D eigenvalue weighted by Crippen LogP contribution is 2.28. The number of hydrogen-bond acceptors (Lipinski definition) is 5. The maximum Gasteiger partial charge on any atom is 0.239 e. The van der Waals surface area contributed by atoms with E-state index in [0.717, 1.165) is 23.8 Å². The second-order valence-electron chi connectivity index (χ2n) is 7.09. The molecule has 0 spiro atoms. The van der Waals surface area contributed by atoms with Crippen LogP contribution in [0.4, 0.5) is 20.2 Å². The zero-order valence-corrected chi connectivity index (χ0v) is 16.3. The quantitative estimate of drug-likeness (QED) is 0.665. The number of aromatic nitrogens is 4. The molecule has 3 aromatic rings. The maximum absolute atomic E-state index is 13.5. The molecule has 1 aliphatic rings. The van der Waals surface area contributed by atoms with E-state index in [1.165, 1.54) is 4.90 Å². The normalized spacial score (nSPS) is 16.2. The predicted octanol–water partition coefficient (Wildman–Crippen LogP) is 2.55. The Balaban J connectivity index is 1.52. The van der Waals surface area contributed by atoms with Crippen molar-refractivity contribution in [2.75, 3.05) is 16.8 Å². The summed E-state index contributed by atoms with van der Waals surface area (Å²) in [4.78, 5) is 26.7. The van der Waals surface area contributed by atoms with Crippen LogP contribution in [-0.2, 0) is 9.59 Å². The summed E-state index contributed by atoms with van der Waals surface area (Å²) in [6, 6.07) is 8.12. The Labute approximate surface area is 170 Å². The van der Waals surface area contributed by atoms with Crippen LogP contribution in [0, 0.1) is 31.4 Å². The number of carbonyl (C=O) groups excluding carboxylic acids is 2. The van der Waals surface area contributed by atoms with Gasteiger partial charge in [-0.3, -0.25) is 9.59 Å². The third-order valence-corrected chi connectivity index (χ3v) is 5.01. The molecule has 8 nitrogen and oxygen atoms in total. The molecule has 2 heterocycles. The number of rotatable bonds is 4. The van der Waals surface area contributed by atoms with E-state index in [4.69, 9.17) is 0 Å². The van der Waals surface area contributed by atoms with Crippen LogP contribution >= 0.6 is 0 Å². The lowest BCUT2D eigenvalue weighted by atomic mass is 10.1. The van der Waals surface area contributed by atoms with Crippen LogP contribution in [0.25, 0.3) is 5.69 Å². The van der Waals surface area contributed by atoms with Crippen molar-refractivity contribution in [1.29, 1.82) is 0 Å². The second kappa shape index (κ2) is 7.62. The fraction of sp³-hybridized carbons (Fsp3) is 0.250. The standard InChI is InChI=1S/C20H18F2N6O2/c1-11-3-4-15(10-18(11)28-12(2)24-25-26-28)23-19(29)17-5-6-27(20(17)30)16-8-13(21)7-14(22)9-16/h3-4,7-10,17H,5-6H2,1-2H3,(H,23,29). The highest BCUT2D eigenvalue weighted by molar-refractivity contribution is 6.13. The maximum atomic E-state index is 13.5. The zero-order chi connectivity index (χ0) is 21.4. The highest BCUT2D eigenvalue weighted by Gasteiger charge is 2.38. The molecular formula is C20H18F2N6O2.